The lowest BCUT2D eigenvalue weighted by atomic mass is 9.76. The third-order valence-corrected chi connectivity index (χ3v) is 3.58. The molecule has 0 spiro atoms. The van der Waals surface area contributed by atoms with Crippen molar-refractivity contribution in [1.29, 1.82) is 0 Å². The minimum Gasteiger partial charge on any atom is -0.211 e. The lowest BCUT2D eigenvalue weighted by Crippen LogP contribution is -2.16. The second-order valence-electron chi connectivity index (χ2n) is 5.42. The van der Waals surface area contributed by atoms with Crippen molar-refractivity contribution < 1.29 is 9.59 Å². The van der Waals surface area contributed by atoms with E-state index in [2.05, 4.69) is 23.8 Å². The highest BCUT2D eigenvalue weighted by Crippen LogP contribution is 2.35. The Kier molecular flexibility index (Phi) is 11.1. The van der Waals surface area contributed by atoms with Crippen LogP contribution in [0.2, 0.25) is 0 Å². The van der Waals surface area contributed by atoms with Crippen molar-refractivity contribution in [1.82, 2.24) is 0 Å². The van der Waals surface area contributed by atoms with Crippen LogP contribution in [-0.2, 0) is 9.59 Å². The molecule has 0 heterocycles. The molecule has 0 rings (SSSR count). The molecule has 0 aromatic heterocycles. The average Bonchev–Trinajstić information content (AvgIpc) is 2.39. The van der Waals surface area contributed by atoms with Crippen molar-refractivity contribution in [2.75, 3.05) is 13.1 Å². The molecule has 0 fully saturated rings. The Hall–Kier alpha value is -1.24. The van der Waals surface area contributed by atoms with Gasteiger partial charge in [-0.25, -0.2) is 19.6 Å². The van der Waals surface area contributed by atoms with Gasteiger partial charge < -0.3 is 0 Å². The molecule has 4 heteroatoms. The maximum absolute atomic E-state index is 9.97. The largest absolute Gasteiger partial charge is 0.234 e. The molecule has 0 saturated heterocycles. The zero-order valence-electron chi connectivity index (χ0n) is 12.3. The van der Waals surface area contributed by atoms with Gasteiger partial charge in [-0.15, -0.1) is 0 Å². The van der Waals surface area contributed by atoms with Crippen LogP contribution < -0.4 is 0 Å². The lowest BCUT2D eigenvalue weighted by molar-refractivity contribution is 0.231. The van der Waals surface area contributed by atoms with Gasteiger partial charge in [-0.1, -0.05) is 33.1 Å². The topological polar surface area (TPSA) is 58.9 Å². The molecule has 0 unspecified atom stereocenters. The number of aliphatic imine (C=N–C) groups is 2. The van der Waals surface area contributed by atoms with Crippen LogP contribution in [0.3, 0.4) is 0 Å². The number of isocyanates is 2. The third-order valence-electron chi connectivity index (χ3n) is 3.58. The molecule has 19 heavy (non-hydrogen) atoms. The fourth-order valence-corrected chi connectivity index (χ4v) is 2.56. The van der Waals surface area contributed by atoms with E-state index in [1.54, 1.807) is 12.2 Å². The molecule has 0 aromatic carbocycles. The van der Waals surface area contributed by atoms with E-state index in [9.17, 15) is 9.59 Å². The van der Waals surface area contributed by atoms with E-state index in [4.69, 9.17) is 0 Å². The Morgan fingerprint density at radius 1 is 0.842 bits per heavy atom. The van der Waals surface area contributed by atoms with Gasteiger partial charge in [-0.2, -0.15) is 0 Å². The fourth-order valence-electron chi connectivity index (χ4n) is 2.56. The first kappa shape index (κ1) is 17.8. The van der Waals surface area contributed by atoms with Gasteiger partial charge in [0.1, 0.15) is 0 Å². The van der Waals surface area contributed by atoms with Crippen LogP contribution in [0.4, 0.5) is 0 Å². The highest BCUT2D eigenvalue weighted by atomic mass is 16.1. The molecule has 0 aliphatic heterocycles. The van der Waals surface area contributed by atoms with Gasteiger partial charge in [0.25, 0.3) is 0 Å². The van der Waals surface area contributed by atoms with E-state index >= 15 is 0 Å². The Labute approximate surface area is 116 Å². The highest BCUT2D eigenvalue weighted by Gasteiger charge is 2.21. The molecule has 0 amide bonds. The first-order chi connectivity index (χ1) is 9.18. The smallest absolute Gasteiger partial charge is 0.211 e. The minimum absolute atomic E-state index is 0.366. The average molecular weight is 266 g/mol. The zero-order chi connectivity index (χ0) is 14.4. The van der Waals surface area contributed by atoms with Gasteiger partial charge in [0, 0.05) is 0 Å². The number of nitrogens with zero attached hydrogens (tertiary/aromatic N) is 2. The standard InChI is InChI=1S/C15H26N2O2/c1-3-8-15(2,9-4-6-11-16-13-18)10-5-7-12-17-14-19/h3-12H2,1-2H3. The molecule has 0 saturated carbocycles. The van der Waals surface area contributed by atoms with Crippen molar-refractivity contribution >= 4 is 12.2 Å². The summed E-state index contributed by atoms with van der Waals surface area (Å²) in [7, 11) is 0. The summed E-state index contributed by atoms with van der Waals surface area (Å²) in [6.45, 7) is 5.74. The van der Waals surface area contributed by atoms with E-state index in [1.807, 2.05) is 0 Å². The maximum Gasteiger partial charge on any atom is 0.234 e. The predicted molar refractivity (Wildman–Crippen MR) is 76.7 cm³/mol. The third kappa shape index (κ3) is 10.4. The van der Waals surface area contributed by atoms with E-state index in [-0.39, 0.29) is 0 Å². The van der Waals surface area contributed by atoms with Crippen LogP contribution in [-0.4, -0.2) is 25.2 Å². The van der Waals surface area contributed by atoms with E-state index in [1.165, 1.54) is 25.7 Å². The number of hydrogen-bond donors (Lipinski definition) is 0. The first-order valence-electron chi connectivity index (χ1n) is 7.26. The van der Waals surface area contributed by atoms with Gasteiger partial charge in [-0.05, 0) is 37.5 Å². The van der Waals surface area contributed by atoms with Crippen molar-refractivity contribution in [3.63, 3.8) is 0 Å². The normalized spacial score (nSPS) is 13.2. The Balaban J connectivity index is 3.95. The Morgan fingerprint density at radius 3 is 1.68 bits per heavy atom. The summed E-state index contributed by atoms with van der Waals surface area (Å²) in [5, 5.41) is 0. The maximum atomic E-state index is 9.97. The number of unbranched alkanes of at least 4 members (excludes halogenated alkanes) is 2. The molecule has 0 aliphatic rings. The van der Waals surface area contributed by atoms with E-state index < -0.39 is 0 Å². The van der Waals surface area contributed by atoms with Crippen molar-refractivity contribution in [2.45, 2.75) is 65.2 Å². The second-order valence-corrected chi connectivity index (χ2v) is 5.42. The summed E-state index contributed by atoms with van der Waals surface area (Å²) in [6, 6.07) is 0. The SMILES string of the molecule is CCCC(C)(CCCCN=C=O)CCCCN=C=O. The molecule has 0 radical (unpaired) electrons. The Morgan fingerprint density at radius 2 is 1.32 bits per heavy atom. The van der Waals surface area contributed by atoms with Crippen molar-refractivity contribution in [3.05, 3.63) is 0 Å². The Bertz CT molecular complexity index is 290. The van der Waals surface area contributed by atoms with Gasteiger partial charge in [0.2, 0.25) is 12.2 Å². The molecular formula is C15H26N2O2. The molecular weight excluding hydrogens is 240 g/mol. The van der Waals surface area contributed by atoms with Crippen LogP contribution in [0, 0.1) is 5.41 Å². The summed E-state index contributed by atoms with van der Waals surface area (Å²) in [5.74, 6) is 0. The molecule has 0 bridgehead atoms. The summed E-state index contributed by atoms with van der Waals surface area (Å²) in [4.78, 5) is 27.1. The number of hydrogen-bond acceptors (Lipinski definition) is 4. The van der Waals surface area contributed by atoms with Gasteiger partial charge >= 0.3 is 0 Å². The van der Waals surface area contributed by atoms with Gasteiger partial charge in [0.15, 0.2) is 0 Å². The summed E-state index contributed by atoms with van der Waals surface area (Å²) < 4.78 is 0. The van der Waals surface area contributed by atoms with Crippen molar-refractivity contribution in [3.8, 4) is 0 Å². The lowest BCUT2D eigenvalue weighted by Gasteiger charge is -2.29. The number of rotatable bonds is 12. The molecule has 0 N–H and O–H groups in total. The van der Waals surface area contributed by atoms with Crippen LogP contribution in [0.1, 0.15) is 65.2 Å². The van der Waals surface area contributed by atoms with Gasteiger partial charge in [-0.3, -0.25) is 0 Å². The second kappa shape index (κ2) is 11.8. The zero-order valence-corrected chi connectivity index (χ0v) is 12.3. The van der Waals surface area contributed by atoms with Crippen molar-refractivity contribution in [2.24, 2.45) is 15.4 Å². The summed E-state index contributed by atoms with van der Waals surface area (Å²) in [5.41, 5.74) is 0.366. The van der Waals surface area contributed by atoms with Crippen LogP contribution >= 0.6 is 0 Å². The summed E-state index contributed by atoms with van der Waals surface area (Å²) in [6.07, 6.45) is 12.0. The van der Waals surface area contributed by atoms with Crippen LogP contribution in [0.5, 0.6) is 0 Å². The highest BCUT2D eigenvalue weighted by molar-refractivity contribution is 5.32. The summed E-state index contributed by atoms with van der Waals surface area (Å²) >= 11 is 0. The van der Waals surface area contributed by atoms with Crippen LogP contribution in [0.25, 0.3) is 0 Å². The van der Waals surface area contributed by atoms with Gasteiger partial charge in [0.05, 0.1) is 13.1 Å². The van der Waals surface area contributed by atoms with E-state index in [0.717, 1.165) is 25.7 Å². The molecule has 0 atom stereocenters. The minimum atomic E-state index is 0.366. The molecule has 0 aromatic rings. The predicted octanol–water partition coefficient (Wildman–Crippen LogP) is 3.81. The molecule has 108 valence electrons. The van der Waals surface area contributed by atoms with Crippen LogP contribution in [0.15, 0.2) is 9.98 Å². The number of carbonyl (C=O) groups excluding carboxylic acids is 2. The molecule has 4 nitrogen and oxygen atoms in total. The first-order valence-corrected chi connectivity index (χ1v) is 7.26. The quantitative estimate of drug-likeness (QED) is 0.306. The fraction of sp³-hybridized carbons (Fsp3) is 0.867. The monoisotopic (exact) mass is 266 g/mol. The van der Waals surface area contributed by atoms with E-state index in [0.29, 0.717) is 18.5 Å². The molecule has 0 aliphatic carbocycles.